The zero-order valence-electron chi connectivity index (χ0n) is 13.9. The maximum absolute atomic E-state index is 12.4. The Bertz CT molecular complexity index is 522. The van der Waals surface area contributed by atoms with Gasteiger partial charge in [-0.15, -0.1) is 26.8 Å². The first kappa shape index (κ1) is 23.4. The Balaban J connectivity index is 5.37. The van der Waals surface area contributed by atoms with Gasteiger partial charge in [-0.25, -0.2) is 0 Å². The second-order valence-corrected chi connectivity index (χ2v) is 9.91. The molecule has 0 spiro atoms. The average molecular weight is 413 g/mol. The van der Waals surface area contributed by atoms with Gasteiger partial charge in [0.15, 0.2) is 0 Å². The minimum Gasteiger partial charge on any atom is -0.180 e. The number of nitrogens with zero attached hydrogens (tertiary/aromatic N) is 2. The van der Waals surface area contributed by atoms with E-state index in [0.29, 0.717) is 0 Å². The molecule has 0 fully saturated rings. The smallest absolute Gasteiger partial charge is 0.180 e. The first-order valence-electron chi connectivity index (χ1n) is 7.29. The van der Waals surface area contributed by atoms with Crippen LogP contribution in [0.2, 0.25) is 0 Å². The highest BCUT2D eigenvalue weighted by Crippen LogP contribution is 2.16. The lowest BCUT2D eigenvalue weighted by atomic mass is 10.2. The second-order valence-electron chi connectivity index (χ2n) is 5.87. The fraction of sp³-hybridized carbons (Fsp3) is 1.00. The Labute approximate surface area is 150 Å². The maximum Gasteiger partial charge on any atom is 0.354 e. The maximum atomic E-state index is 12.4. The molecular formula is C12H26Cl2N2O5S2. The van der Waals surface area contributed by atoms with Crippen molar-refractivity contribution in [3.05, 3.63) is 0 Å². The third kappa shape index (κ3) is 8.85. The van der Waals surface area contributed by atoms with E-state index in [1.807, 2.05) is 27.7 Å². The Kier molecular flexibility index (Phi) is 10.5. The van der Waals surface area contributed by atoms with Crippen molar-refractivity contribution in [2.75, 3.05) is 37.9 Å². The Morgan fingerprint density at radius 2 is 1.13 bits per heavy atom. The predicted octanol–water partition coefficient (Wildman–Crippen LogP) is 1.89. The molecule has 0 saturated heterocycles. The lowest BCUT2D eigenvalue weighted by Crippen LogP contribution is -2.43. The summed E-state index contributed by atoms with van der Waals surface area (Å²) in [6.07, 6.45) is 0. The summed E-state index contributed by atoms with van der Waals surface area (Å²) in [7, 11) is -8.92. The molecule has 0 aromatic heterocycles. The van der Waals surface area contributed by atoms with Crippen LogP contribution in [0.15, 0.2) is 0 Å². The fourth-order valence-electron chi connectivity index (χ4n) is 1.79. The SMILES string of the molecule is CC(C)CN(CC(C)C)S(=O)(=O)OS(=O)(=O)N(CCCl)CCCl. The molecule has 0 unspecified atom stereocenters. The van der Waals surface area contributed by atoms with Crippen LogP contribution in [0.25, 0.3) is 0 Å². The van der Waals surface area contributed by atoms with Crippen molar-refractivity contribution >= 4 is 43.8 Å². The van der Waals surface area contributed by atoms with Crippen LogP contribution in [0.1, 0.15) is 27.7 Å². The molecule has 0 rings (SSSR count). The van der Waals surface area contributed by atoms with Crippen molar-refractivity contribution in [3.63, 3.8) is 0 Å². The van der Waals surface area contributed by atoms with E-state index in [0.717, 1.165) is 8.61 Å². The summed E-state index contributed by atoms with van der Waals surface area (Å²) < 4.78 is 55.5. The minimum atomic E-state index is -4.49. The predicted molar refractivity (Wildman–Crippen MR) is 93.2 cm³/mol. The van der Waals surface area contributed by atoms with Crippen LogP contribution in [0.3, 0.4) is 0 Å². The molecule has 0 amide bonds. The topological polar surface area (TPSA) is 84.0 Å². The van der Waals surface area contributed by atoms with Gasteiger partial charge in [-0.2, -0.15) is 25.4 Å². The highest BCUT2D eigenvalue weighted by Gasteiger charge is 2.34. The van der Waals surface area contributed by atoms with Gasteiger partial charge in [0, 0.05) is 37.9 Å². The van der Waals surface area contributed by atoms with Gasteiger partial charge < -0.3 is 0 Å². The third-order valence-electron chi connectivity index (χ3n) is 2.61. The van der Waals surface area contributed by atoms with Crippen molar-refractivity contribution in [2.24, 2.45) is 11.8 Å². The highest BCUT2D eigenvalue weighted by atomic mass is 35.5. The van der Waals surface area contributed by atoms with Crippen molar-refractivity contribution < 1.29 is 20.5 Å². The summed E-state index contributed by atoms with van der Waals surface area (Å²) in [5.41, 5.74) is 0. The van der Waals surface area contributed by atoms with E-state index in [4.69, 9.17) is 23.2 Å². The van der Waals surface area contributed by atoms with Crippen LogP contribution in [0.4, 0.5) is 0 Å². The summed E-state index contributed by atoms with van der Waals surface area (Å²) in [6, 6.07) is 0. The van der Waals surface area contributed by atoms with Gasteiger partial charge in [-0.3, -0.25) is 0 Å². The number of hydrogen-bond donors (Lipinski definition) is 0. The molecule has 0 aliphatic carbocycles. The summed E-state index contributed by atoms with van der Waals surface area (Å²) in [4.78, 5) is 0. The molecule has 0 aromatic rings. The van der Waals surface area contributed by atoms with E-state index in [1.54, 1.807) is 0 Å². The number of halogens is 2. The van der Waals surface area contributed by atoms with E-state index in [9.17, 15) is 16.8 Å². The molecule has 0 bridgehead atoms. The standard InChI is InChI=1S/C12H26Cl2N2O5S2/c1-11(2)9-16(10-12(3)4)23(19,20)21-22(17,18)15(7-5-13)8-6-14/h11-12H,5-10H2,1-4H3. The quantitative estimate of drug-likeness (QED) is 0.456. The lowest BCUT2D eigenvalue weighted by Gasteiger charge is -2.26. The van der Waals surface area contributed by atoms with Crippen molar-refractivity contribution in [2.45, 2.75) is 27.7 Å². The van der Waals surface area contributed by atoms with Crippen molar-refractivity contribution in [1.82, 2.24) is 8.61 Å². The van der Waals surface area contributed by atoms with Gasteiger partial charge >= 0.3 is 20.6 Å². The zero-order valence-corrected chi connectivity index (χ0v) is 17.1. The van der Waals surface area contributed by atoms with Crippen LogP contribution in [-0.4, -0.2) is 63.4 Å². The zero-order chi connectivity index (χ0) is 18.3. The molecule has 140 valence electrons. The highest BCUT2D eigenvalue weighted by molar-refractivity contribution is 7.97. The molecule has 0 N–H and O–H groups in total. The second kappa shape index (κ2) is 10.4. The summed E-state index contributed by atoms with van der Waals surface area (Å²) >= 11 is 11.1. The van der Waals surface area contributed by atoms with Crippen LogP contribution < -0.4 is 0 Å². The van der Waals surface area contributed by atoms with E-state index >= 15 is 0 Å². The van der Waals surface area contributed by atoms with Crippen molar-refractivity contribution in [3.8, 4) is 0 Å². The largest absolute Gasteiger partial charge is 0.354 e. The van der Waals surface area contributed by atoms with Gasteiger partial charge in [0.25, 0.3) is 0 Å². The number of alkyl halides is 2. The van der Waals surface area contributed by atoms with Gasteiger partial charge in [0.05, 0.1) is 0 Å². The van der Waals surface area contributed by atoms with Crippen molar-refractivity contribution in [1.29, 1.82) is 0 Å². The average Bonchev–Trinajstić information content (AvgIpc) is 2.35. The molecule has 0 saturated carbocycles. The van der Waals surface area contributed by atoms with Gasteiger partial charge in [0.1, 0.15) is 0 Å². The number of rotatable bonds is 12. The number of hydrogen-bond acceptors (Lipinski definition) is 5. The van der Waals surface area contributed by atoms with E-state index in [-0.39, 0.29) is 49.8 Å². The molecule has 0 aliphatic heterocycles. The fourth-order valence-corrected chi connectivity index (χ4v) is 5.55. The minimum absolute atomic E-state index is 0.00122. The van der Waals surface area contributed by atoms with Crippen LogP contribution in [0.5, 0.6) is 0 Å². The third-order valence-corrected chi connectivity index (χ3v) is 6.25. The molecule has 0 heterocycles. The first-order chi connectivity index (χ1) is 10.5. The summed E-state index contributed by atoms with van der Waals surface area (Å²) in [6.45, 7) is 7.52. The Hall–Kier alpha value is 0.360. The van der Waals surface area contributed by atoms with E-state index < -0.39 is 20.6 Å². The normalized spacial score (nSPS) is 13.7. The van der Waals surface area contributed by atoms with Crippen LogP contribution in [-0.2, 0) is 24.2 Å². The monoisotopic (exact) mass is 412 g/mol. The molecule has 0 atom stereocenters. The first-order valence-corrected chi connectivity index (χ1v) is 11.1. The van der Waals surface area contributed by atoms with Gasteiger partial charge in [-0.05, 0) is 11.8 Å². The van der Waals surface area contributed by atoms with Gasteiger partial charge in [-0.1, -0.05) is 27.7 Å². The van der Waals surface area contributed by atoms with Gasteiger partial charge in [0.2, 0.25) is 0 Å². The van der Waals surface area contributed by atoms with Crippen LogP contribution in [0, 0.1) is 11.8 Å². The molecular weight excluding hydrogens is 387 g/mol. The van der Waals surface area contributed by atoms with Crippen LogP contribution >= 0.6 is 23.2 Å². The summed E-state index contributed by atoms with van der Waals surface area (Å²) in [5.74, 6) is 0.0517. The molecule has 7 nitrogen and oxygen atoms in total. The van der Waals surface area contributed by atoms with E-state index in [2.05, 4.69) is 3.63 Å². The summed E-state index contributed by atoms with van der Waals surface area (Å²) in [5, 5.41) is 0. The lowest BCUT2D eigenvalue weighted by molar-refractivity contribution is 0.293. The Morgan fingerprint density at radius 1 is 0.783 bits per heavy atom. The van der Waals surface area contributed by atoms with E-state index in [1.165, 1.54) is 0 Å². The molecule has 11 heteroatoms. The Morgan fingerprint density at radius 3 is 1.43 bits per heavy atom. The molecule has 0 aliphatic rings. The molecule has 23 heavy (non-hydrogen) atoms. The molecule has 0 radical (unpaired) electrons. The molecule has 0 aromatic carbocycles.